The molecule has 2 heterocycles. The van der Waals surface area contributed by atoms with E-state index in [9.17, 15) is 23.1 Å². The van der Waals surface area contributed by atoms with Gasteiger partial charge in [0.05, 0.1) is 4.90 Å². The average molecular weight is 540 g/mol. The third-order valence-corrected chi connectivity index (χ3v) is 8.50. The number of carboxylic acid groups (broad SMARTS) is 1. The zero-order valence-corrected chi connectivity index (χ0v) is 22.3. The molecule has 2 aliphatic rings. The van der Waals surface area contributed by atoms with E-state index in [1.807, 2.05) is 13.1 Å². The lowest BCUT2D eigenvalue weighted by molar-refractivity contribution is -0.149. The molecule has 2 atom stereocenters. The van der Waals surface area contributed by atoms with Crippen molar-refractivity contribution in [3.8, 4) is 0 Å². The Morgan fingerprint density at radius 2 is 1.92 bits per heavy atom. The van der Waals surface area contributed by atoms with E-state index in [0.29, 0.717) is 24.1 Å². The number of nitrogens with one attached hydrogen (secondary N) is 2. The first-order valence-corrected chi connectivity index (χ1v) is 13.9. The largest absolute Gasteiger partial charge is 0.479 e. The molecule has 0 aromatic heterocycles. The third-order valence-electron chi connectivity index (χ3n) is 7.03. The molecule has 0 unspecified atom stereocenters. The number of amidine groups is 1. The molecule has 5 N–H and O–H groups in total. The predicted molar refractivity (Wildman–Crippen MR) is 143 cm³/mol. The van der Waals surface area contributed by atoms with Crippen molar-refractivity contribution in [2.24, 2.45) is 5.73 Å². The second-order valence-corrected chi connectivity index (χ2v) is 11.7. The minimum absolute atomic E-state index is 0.0433. The molecule has 0 radical (unpaired) electrons. The van der Waals surface area contributed by atoms with Gasteiger partial charge in [-0.25, -0.2) is 13.2 Å². The van der Waals surface area contributed by atoms with Crippen LogP contribution in [0.2, 0.25) is 0 Å². The van der Waals surface area contributed by atoms with E-state index in [1.54, 1.807) is 37.3 Å². The first-order valence-electron chi connectivity index (χ1n) is 12.4. The molecule has 4 rings (SSSR count). The summed E-state index contributed by atoms with van der Waals surface area (Å²) in [7, 11) is -2.16. The number of hydrogen-bond acceptors (Lipinski definition) is 6. The van der Waals surface area contributed by atoms with E-state index in [1.165, 1.54) is 17.0 Å². The standard InChI is InChI=1S/C27H33N5O5S/c1-17-8-11-32(24(12-17)27(34)35)26(33)23(14-18-4-3-5-20(13-18)25(28)29)30-38(36,37)22-7-6-19-9-10-31(2)16-21(19)15-22/h3-7,12-13,15,23-24,30H,8-11,14,16H2,1-2H3,(H3,28,29)(H,34,35)/t23-,24+/m0/s1. The Hall–Kier alpha value is -3.54. The van der Waals surface area contributed by atoms with E-state index in [4.69, 9.17) is 11.1 Å². The number of nitrogens with zero attached hydrogens (tertiary/aromatic N) is 2. The van der Waals surface area contributed by atoms with Crippen LogP contribution in [0.4, 0.5) is 0 Å². The Morgan fingerprint density at radius 3 is 2.63 bits per heavy atom. The van der Waals surface area contributed by atoms with Crippen LogP contribution >= 0.6 is 0 Å². The molecule has 0 spiro atoms. The molecule has 1 amide bonds. The van der Waals surface area contributed by atoms with Crippen LogP contribution in [0.3, 0.4) is 0 Å². The quantitative estimate of drug-likeness (QED) is 0.225. The summed E-state index contributed by atoms with van der Waals surface area (Å²) in [5.74, 6) is -1.97. The van der Waals surface area contributed by atoms with Gasteiger partial charge in [-0.05, 0) is 68.1 Å². The summed E-state index contributed by atoms with van der Waals surface area (Å²) in [6.45, 7) is 3.48. The van der Waals surface area contributed by atoms with Gasteiger partial charge in [0.1, 0.15) is 17.9 Å². The molecule has 0 bridgehead atoms. The van der Waals surface area contributed by atoms with Crippen molar-refractivity contribution >= 4 is 27.7 Å². The fourth-order valence-electron chi connectivity index (χ4n) is 4.91. The van der Waals surface area contributed by atoms with Gasteiger partial charge in [0, 0.05) is 25.2 Å². The number of hydrogen-bond donors (Lipinski definition) is 4. The summed E-state index contributed by atoms with van der Waals surface area (Å²) in [5, 5.41) is 17.5. The van der Waals surface area contributed by atoms with Crippen LogP contribution in [0.25, 0.3) is 0 Å². The molecule has 0 fully saturated rings. The lowest BCUT2D eigenvalue weighted by Gasteiger charge is -2.34. The molecule has 202 valence electrons. The van der Waals surface area contributed by atoms with Crippen molar-refractivity contribution in [2.75, 3.05) is 20.1 Å². The maximum absolute atomic E-state index is 13.8. The fourth-order valence-corrected chi connectivity index (χ4v) is 6.15. The molecule has 0 aliphatic carbocycles. The summed E-state index contributed by atoms with van der Waals surface area (Å²) in [5.41, 5.74) is 9.51. The fraction of sp³-hybridized carbons (Fsp3) is 0.370. The molecule has 0 saturated carbocycles. The summed E-state index contributed by atoms with van der Waals surface area (Å²) >= 11 is 0. The highest BCUT2D eigenvalue weighted by Crippen LogP contribution is 2.24. The second-order valence-electron chi connectivity index (χ2n) is 9.99. The number of rotatable bonds is 8. The normalized spacial score (nSPS) is 18.8. The van der Waals surface area contributed by atoms with Gasteiger partial charge < -0.3 is 20.6 Å². The summed E-state index contributed by atoms with van der Waals surface area (Å²) in [6, 6.07) is 9.19. The van der Waals surface area contributed by atoms with Gasteiger partial charge in [0.2, 0.25) is 15.9 Å². The Labute approximate surface area is 222 Å². The molecule has 0 saturated heterocycles. The minimum Gasteiger partial charge on any atom is -0.479 e. The summed E-state index contributed by atoms with van der Waals surface area (Å²) in [4.78, 5) is 29.1. The highest BCUT2D eigenvalue weighted by atomic mass is 32.2. The van der Waals surface area contributed by atoms with Gasteiger partial charge in [0.25, 0.3) is 0 Å². The molecule has 2 aliphatic heterocycles. The zero-order chi connectivity index (χ0) is 27.6. The Balaban J connectivity index is 1.68. The maximum Gasteiger partial charge on any atom is 0.330 e. The number of nitrogen functional groups attached to an aromatic ring is 1. The maximum atomic E-state index is 13.8. The molecule has 11 heteroatoms. The number of carbonyl (C=O) groups is 2. The van der Waals surface area contributed by atoms with Gasteiger partial charge in [-0.1, -0.05) is 35.9 Å². The molecule has 10 nitrogen and oxygen atoms in total. The number of carboxylic acids is 1. The number of nitrogens with two attached hydrogens (primary N) is 1. The monoisotopic (exact) mass is 539 g/mol. The lowest BCUT2D eigenvalue weighted by atomic mass is 9.99. The van der Waals surface area contributed by atoms with Crippen LogP contribution in [0.5, 0.6) is 0 Å². The SMILES string of the molecule is CC1=C[C@H](C(=O)O)N(C(=O)[C@H](Cc2cccc(C(=N)N)c2)NS(=O)(=O)c2ccc3c(c2)CN(C)CC3)CC1. The van der Waals surface area contributed by atoms with Crippen molar-refractivity contribution in [3.63, 3.8) is 0 Å². The van der Waals surface area contributed by atoms with Crippen LogP contribution in [0.1, 0.15) is 35.6 Å². The van der Waals surface area contributed by atoms with E-state index < -0.39 is 34.0 Å². The van der Waals surface area contributed by atoms with Gasteiger partial charge >= 0.3 is 5.97 Å². The molecule has 2 aromatic rings. The van der Waals surface area contributed by atoms with Gasteiger partial charge in [0.15, 0.2) is 0 Å². The zero-order valence-electron chi connectivity index (χ0n) is 21.5. The van der Waals surface area contributed by atoms with Crippen LogP contribution < -0.4 is 10.5 Å². The van der Waals surface area contributed by atoms with Crippen molar-refractivity contribution in [1.29, 1.82) is 5.41 Å². The summed E-state index contributed by atoms with van der Waals surface area (Å²) in [6.07, 6.45) is 2.79. The number of likely N-dealkylation sites (N-methyl/N-ethyl adjacent to an activating group) is 1. The number of amides is 1. The minimum atomic E-state index is -4.13. The molecule has 38 heavy (non-hydrogen) atoms. The summed E-state index contributed by atoms with van der Waals surface area (Å²) < 4.78 is 29.7. The second kappa shape index (κ2) is 11.1. The van der Waals surface area contributed by atoms with Crippen molar-refractivity contribution in [3.05, 3.63) is 76.4 Å². The lowest BCUT2D eigenvalue weighted by Crippen LogP contribution is -2.55. The number of carbonyl (C=O) groups excluding carboxylic acids is 1. The van der Waals surface area contributed by atoms with Gasteiger partial charge in [-0.2, -0.15) is 4.72 Å². The highest BCUT2D eigenvalue weighted by molar-refractivity contribution is 7.89. The van der Waals surface area contributed by atoms with Crippen LogP contribution in [0, 0.1) is 5.41 Å². The smallest absolute Gasteiger partial charge is 0.330 e. The van der Waals surface area contributed by atoms with Crippen molar-refractivity contribution in [2.45, 2.75) is 49.7 Å². The average Bonchev–Trinajstić information content (AvgIpc) is 2.87. The Kier molecular flexibility index (Phi) is 8.00. The van der Waals surface area contributed by atoms with E-state index >= 15 is 0 Å². The van der Waals surface area contributed by atoms with Crippen LogP contribution in [0.15, 0.2) is 59.0 Å². The van der Waals surface area contributed by atoms with E-state index in [2.05, 4.69) is 9.62 Å². The van der Waals surface area contributed by atoms with Crippen molar-refractivity contribution < 1.29 is 23.1 Å². The van der Waals surface area contributed by atoms with Crippen molar-refractivity contribution in [1.82, 2.24) is 14.5 Å². The number of fused-ring (bicyclic) bond motifs is 1. The molecular weight excluding hydrogens is 506 g/mol. The van der Waals surface area contributed by atoms with E-state index in [0.717, 1.165) is 29.7 Å². The number of benzene rings is 2. The van der Waals surface area contributed by atoms with Crippen LogP contribution in [-0.2, 0) is 39.0 Å². The van der Waals surface area contributed by atoms with E-state index in [-0.39, 0.29) is 23.7 Å². The first-order chi connectivity index (χ1) is 17.9. The Bertz CT molecular complexity index is 1400. The highest BCUT2D eigenvalue weighted by Gasteiger charge is 2.36. The predicted octanol–water partition coefficient (Wildman–Crippen LogP) is 1.48. The van der Waals surface area contributed by atoms with Crippen LogP contribution in [-0.4, -0.2) is 73.3 Å². The molecule has 2 aromatic carbocycles. The molecular formula is C27H33N5O5S. The topological polar surface area (TPSA) is 157 Å². The first kappa shape index (κ1) is 27.5. The number of aliphatic carboxylic acids is 1. The number of sulfonamides is 1. The van der Waals surface area contributed by atoms with Gasteiger partial charge in [-0.3, -0.25) is 10.2 Å². The Morgan fingerprint density at radius 1 is 1.16 bits per heavy atom. The third kappa shape index (κ3) is 6.12. The van der Waals surface area contributed by atoms with Gasteiger partial charge in [-0.15, -0.1) is 0 Å².